The van der Waals surface area contributed by atoms with Crippen molar-refractivity contribution in [3.05, 3.63) is 35.4 Å². The van der Waals surface area contributed by atoms with Crippen LogP contribution in [0.2, 0.25) is 0 Å². The maximum Gasteiger partial charge on any atom is 0.416 e. The second-order valence-corrected chi connectivity index (χ2v) is 6.89. The van der Waals surface area contributed by atoms with E-state index in [4.69, 9.17) is 4.74 Å². The van der Waals surface area contributed by atoms with E-state index >= 15 is 0 Å². The lowest BCUT2D eigenvalue weighted by Gasteiger charge is -2.26. The van der Waals surface area contributed by atoms with Gasteiger partial charge < -0.3 is 9.53 Å². The van der Waals surface area contributed by atoms with Crippen LogP contribution in [-0.2, 0) is 15.7 Å². The number of rotatable bonds is 2. The van der Waals surface area contributed by atoms with E-state index in [0.29, 0.717) is 18.3 Å². The molecule has 0 spiro atoms. The molecule has 0 aromatic heterocycles. The third-order valence-corrected chi connectivity index (χ3v) is 3.84. The van der Waals surface area contributed by atoms with E-state index in [-0.39, 0.29) is 12.5 Å². The molecule has 1 aromatic carbocycles. The number of aldehydes is 1. The van der Waals surface area contributed by atoms with Gasteiger partial charge in [-0.05, 0) is 44.9 Å². The van der Waals surface area contributed by atoms with Crippen LogP contribution in [0.5, 0.6) is 0 Å². The fourth-order valence-electron chi connectivity index (χ4n) is 2.71. The second-order valence-electron chi connectivity index (χ2n) is 6.89. The molecule has 0 bridgehead atoms. The van der Waals surface area contributed by atoms with Gasteiger partial charge in [-0.15, -0.1) is 0 Å². The SMILES string of the molecule is CC(C)(C)OC(=O)N1CC(c2ccc(C(F)(F)F)cc2)C[C@@H]1C=O. The Morgan fingerprint density at radius 2 is 1.79 bits per heavy atom. The van der Waals surface area contributed by atoms with Crippen molar-refractivity contribution >= 4 is 12.4 Å². The van der Waals surface area contributed by atoms with E-state index in [1.54, 1.807) is 20.8 Å². The highest BCUT2D eigenvalue weighted by Gasteiger charge is 2.38. The van der Waals surface area contributed by atoms with Crippen molar-refractivity contribution in [2.75, 3.05) is 6.54 Å². The number of hydrogen-bond donors (Lipinski definition) is 0. The Labute approximate surface area is 138 Å². The number of alkyl halides is 3. The highest BCUT2D eigenvalue weighted by molar-refractivity contribution is 5.75. The summed E-state index contributed by atoms with van der Waals surface area (Å²) in [6.45, 7) is 5.42. The first-order chi connectivity index (χ1) is 11.0. The van der Waals surface area contributed by atoms with Gasteiger partial charge in [0.25, 0.3) is 0 Å². The number of halogens is 3. The third-order valence-electron chi connectivity index (χ3n) is 3.84. The first kappa shape index (κ1) is 18.3. The molecule has 1 amide bonds. The lowest BCUT2D eigenvalue weighted by atomic mass is 9.95. The lowest BCUT2D eigenvalue weighted by Crippen LogP contribution is -2.40. The largest absolute Gasteiger partial charge is 0.444 e. The van der Waals surface area contributed by atoms with Gasteiger partial charge in [0.15, 0.2) is 0 Å². The van der Waals surface area contributed by atoms with Crippen molar-refractivity contribution in [2.45, 2.75) is 50.9 Å². The summed E-state index contributed by atoms with van der Waals surface area (Å²) in [7, 11) is 0. The highest BCUT2D eigenvalue weighted by atomic mass is 19.4. The van der Waals surface area contributed by atoms with Crippen LogP contribution in [0.15, 0.2) is 24.3 Å². The van der Waals surface area contributed by atoms with Gasteiger partial charge in [-0.1, -0.05) is 12.1 Å². The van der Waals surface area contributed by atoms with Gasteiger partial charge in [-0.2, -0.15) is 13.2 Å². The second kappa shape index (κ2) is 6.45. The van der Waals surface area contributed by atoms with E-state index in [1.165, 1.54) is 17.0 Å². The first-order valence-electron chi connectivity index (χ1n) is 7.63. The Kier molecular flexibility index (Phi) is 4.92. The number of carbonyl (C=O) groups is 2. The van der Waals surface area contributed by atoms with Gasteiger partial charge >= 0.3 is 12.3 Å². The summed E-state index contributed by atoms with van der Waals surface area (Å²) in [6, 6.07) is 4.19. The molecule has 24 heavy (non-hydrogen) atoms. The van der Waals surface area contributed by atoms with Crippen LogP contribution in [0.4, 0.5) is 18.0 Å². The number of likely N-dealkylation sites (tertiary alicyclic amines) is 1. The summed E-state index contributed by atoms with van der Waals surface area (Å²) >= 11 is 0. The molecule has 1 unspecified atom stereocenters. The molecule has 132 valence electrons. The molecule has 0 saturated carbocycles. The quantitative estimate of drug-likeness (QED) is 0.763. The number of amides is 1. The van der Waals surface area contributed by atoms with Crippen molar-refractivity contribution in [2.24, 2.45) is 0 Å². The van der Waals surface area contributed by atoms with E-state index in [0.717, 1.165) is 12.1 Å². The molecule has 1 fully saturated rings. The molecule has 0 N–H and O–H groups in total. The number of carbonyl (C=O) groups excluding carboxylic acids is 2. The average molecular weight is 343 g/mol. The summed E-state index contributed by atoms with van der Waals surface area (Å²) in [6.07, 6.45) is -3.93. The molecule has 1 heterocycles. The Morgan fingerprint density at radius 1 is 1.21 bits per heavy atom. The maximum atomic E-state index is 12.6. The Bertz CT molecular complexity index is 605. The van der Waals surface area contributed by atoms with Crippen molar-refractivity contribution < 1.29 is 27.5 Å². The van der Waals surface area contributed by atoms with E-state index in [9.17, 15) is 22.8 Å². The molecule has 2 rings (SSSR count). The monoisotopic (exact) mass is 343 g/mol. The first-order valence-corrected chi connectivity index (χ1v) is 7.63. The van der Waals surface area contributed by atoms with Crippen LogP contribution in [0.25, 0.3) is 0 Å². The molecule has 1 saturated heterocycles. The van der Waals surface area contributed by atoms with Crippen molar-refractivity contribution in [3.8, 4) is 0 Å². The zero-order chi connectivity index (χ0) is 18.1. The van der Waals surface area contributed by atoms with Gasteiger partial charge in [0.1, 0.15) is 11.9 Å². The molecule has 1 aromatic rings. The molecule has 7 heteroatoms. The van der Waals surface area contributed by atoms with Gasteiger partial charge in [0.05, 0.1) is 11.6 Å². The fourth-order valence-corrected chi connectivity index (χ4v) is 2.71. The Morgan fingerprint density at radius 3 is 2.25 bits per heavy atom. The van der Waals surface area contributed by atoms with Gasteiger partial charge in [-0.25, -0.2) is 4.79 Å². The summed E-state index contributed by atoms with van der Waals surface area (Å²) < 4.78 is 43.2. The van der Waals surface area contributed by atoms with Crippen molar-refractivity contribution in [1.82, 2.24) is 4.90 Å². The fraction of sp³-hybridized carbons (Fsp3) is 0.529. The van der Waals surface area contributed by atoms with E-state index in [2.05, 4.69) is 0 Å². The van der Waals surface area contributed by atoms with Crippen LogP contribution in [-0.4, -0.2) is 35.5 Å². The Hall–Kier alpha value is -2.05. The summed E-state index contributed by atoms with van der Waals surface area (Å²) in [5.74, 6) is -0.199. The van der Waals surface area contributed by atoms with E-state index < -0.39 is 29.5 Å². The third kappa shape index (κ3) is 4.27. The van der Waals surface area contributed by atoms with Crippen LogP contribution < -0.4 is 0 Å². The zero-order valence-corrected chi connectivity index (χ0v) is 13.8. The molecule has 1 aliphatic rings. The predicted octanol–water partition coefficient (Wildman–Crippen LogP) is 4.00. The number of benzene rings is 1. The number of nitrogens with zero attached hydrogens (tertiary/aromatic N) is 1. The molecular weight excluding hydrogens is 323 g/mol. The average Bonchev–Trinajstić information content (AvgIpc) is 2.89. The highest BCUT2D eigenvalue weighted by Crippen LogP contribution is 2.34. The summed E-state index contributed by atoms with van der Waals surface area (Å²) in [5.41, 5.74) is -0.738. The lowest BCUT2D eigenvalue weighted by molar-refractivity contribution is -0.137. The molecule has 1 aliphatic heterocycles. The van der Waals surface area contributed by atoms with Crippen LogP contribution in [0, 0.1) is 0 Å². The predicted molar refractivity (Wildman–Crippen MR) is 81.6 cm³/mol. The molecular formula is C17H20F3NO3. The van der Waals surface area contributed by atoms with Gasteiger partial charge in [0.2, 0.25) is 0 Å². The molecule has 0 aliphatic carbocycles. The molecule has 2 atom stereocenters. The zero-order valence-electron chi connectivity index (χ0n) is 13.8. The van der Waals surface area contributed by atoms with Crippen LogP contribution in [0.3, 0.4) is 0 Å². The maximum absolute atomic E-state index is 12.6. The normalized spacial score (nSPS) is 21.7. The number of ether oxygens (including phenoxy) is 1. The molecule has 0 radical (unpaired) electrons. The van der Waals surface area contributed by atoms with E-state index in [1.807, 2.05) is 0 Å². The Balaban J connectivity index is 2.13. The minimum Gasteiger partial charge on any atom is -0.444 e. The van der Waals surface area contributed by atoms with Crippen molar-refractivity contribution in [3.63, 3.8) is 0 Å². The van der Waals surface area contributed by atoms with Crippen LogP contribution >= 0.6 is 0 Å². The minimum absolute atomic E-state index is 0.199. The summed E-state index contributed by atoms with van der Waals surface area (Å²) in [5, 5.41) is 0. The van der Waals surface area contributed by atoms with Gasteiger partial charge in [0, 0.05) is 12.5 Å². The smallest absolute Gasteiger partial charge is 0.416 e. The van der Waals surface area contributed by atoms with Gasteiger partial charge in [-0.3, -0.25) is 4.90 Å². The minimum atomic E-state index is -4.39. The topological polar surface area (TPSA) is 46.6 Å². The van der Waals surface area contributed by atoms with Crippen molar-refractivity contribution in [1.29, 1.82) is 0 Å². The molecule has 4 nitrogen and oxygen atoms in total. The number of hydrogen-bond acceptors (Lipinski definition) is 3. The summed E-state index contributed by atoms with van der Waals surface area (Å²) in [4.78, 5) is 24.8. The van der Waals surface area contributed by atoms with Crippen LogP contribution in [0.1, 0.15) is 44.2 Å². The standard InChI is InChI=1S/C17H20F3NO3/c1-16(2,3)24-15(23)21-9-12(8-14(21)10-22)11-4-6-13(7-5-11)17(18,19)20/h4-7,10,12,14H,8-9H2,1-3H3/t12?,14-/m1/s1.